The Morgan fingerprint density at radius 1 is 1.09 bits per heavy atom. The number of hydrogen-bond acceptors (Lipinski definition) is 7. The molecule has 1 saturated heterocycles. The topological polar surface area (TPSA) is 66.8 Å². The minimum absolute atomic E-state index is 0.626. The standard InChI is InChI=1S/C16H16N6S/c1-2-15(21-20-14(1)13-3-5-17-6-4-13)22-10-12(11-22)9-19-16-18-7-8-23-16/h1-8,12H,9-11H2,(H,18,19). The summed E-state index contributed by atoms with van der Waals surface area (Å²) in [7, 11) is 0. The van der Waals surface area contributed by atoms with Crippen molar-refractivity contribution in [2.75, 3.05) is 29.9 Å². The van der Waals surface area contributed by atoms with Gasteiger partial charge in [-0.15, -0.1) is 21.5 Å². The molecule has 0 spiro atoms. The van der Waals surface area contributed by atoms with E-state index in [0.717, 1.165) is 41.8 Å². The lowest BCUT2D eigenvalue weighted by Crippen LogP contribution is -2.50. The molecule has 116 valence electrons. The Morgan fingerprint density at radius 2 is 1.96 bits per heavy atom. The van der Waals surface area contributed by atoms with Crippen LogP contribution in [0.4, 0.5) is 10.9 Å². The van der Waals surface area contributed by atoms with Gasteiger partial charge in [-0.1, -0.05) is 0 Å². The lowest BCUT2D eigenvalue weighted by Gasteiger charge is -2.39. The summed E-state index contributed by atoms with van der Waals surface area (Å²) >= 11 is 1.63. The zero-order valence-electron chi connectivity index (χ0n) is 12.5. The predicted molar refractivity (Wildman–Crippen MR) is 91.6 cm³/mol. The number of thiazole rings is 1. The van der Waals surface area contributed by atoms with E-state index in [0.29, 0.717) is 5.92 Å². The number of nitrogens with zero attached hydrogens (tertiary/aromatic N) is 5. The summed E-state index contributed by atoms with van der Waals surface area (Å²) in [5.74, 6) is 1.56. The summed E-state index contributed by atoms with van der Waals surface area (Å²) in [6.45, 7) is 2.95. The van der Waals surface area contributed by atoms with E-state index in [1.54, 1.807) is 23.7 Å². The average Bonchev–Trinajstić information content (AvgIpc) is 3.08. The SMILES string of the molecule is c1cc(-c2ccc(N3CC(CNc4nccs4)C3)nn2)ccn1. The summed E-state index contributed by atoms with van der Waals surface area (Å²) in [5, 5.41) is 15.0. The van der Waals surface area contributed by atoms with Gasteiger partial charge in [-0.3, -0.25) is 4.98 Å². The van der Waals surface area contributed by atoms with E-state index in [4.69, 9.17) is 0 Å². The van der Waals surface area contributed by atoms with Crippen molar-refractivity contribution in [3.63, 3.8) is 0 Å². The van der Waals surface area contributed by atoms with Gasteiger partial charge in [0.1, 0.15) is 0 Å². The van der Waals surface area contributed by atoms with Crippen molar-refractivity contribution in [1.82, 2.24) is 20.2 Å². The molecule has 3 aromatic heterocycles. The molecule has 7 heteroatoms. The third-order valence-corrected chi connectivity index (χ3v) is 4.61. The fourth-order valence-electron chi connectivity index (χ4n) is 2.60. The Kier molecular flexibility index (Phi) is 3.85. The second-order valence-electron chi connectivity index (χ2n) is 5.50. The van der Waals surface area contributed by atoms with Crippen molar-refractivity contribution in [2.45, 2.75) is 0 Å². The predicted octanol–water partition coefficient (Wildman–Crippen LogP) is 2.54. The summed E-state index contributed by atoms with van der Waals surface area (Å²) in [5.41, 5.74) is 1.91. The Bertz CT molecular complexity index is 738. The Hall–Kier alpha value is -2.54. The molecule has 0 radical (unpaired) electrons. The molecule has 23 heavy (non-hydrogen) atoms. The molecule has 4 heterocycles. The first-order valence-electron chi connectivity index (χ1n) is 7.51. The smallest absolute Gasteiger partial charge is 0.182 e. The quantitative estimate of drug-likeness (QED) is 0.778. The fraction of sp³-hybridized carbons (Fsp3) is 0.250. The first kappa shape index (κ1) is 14.1. The zero-order chi connectivity index (χ0) is 15.5. The molecule has 0 bridgehead atoms. The van der Waals surface area contributed by atoms with E-state index in [1.165, 1.54) is 0 Å². The number of hydrogen-bond donors (Lipinski definition) is 1. The summed E-state index contributed by atoms with van der Waals surface area (Å²) < 4.78 is 0. The second kappa shape index (κ2) is 6.29. The number of rotatable bonds is 5. The fourth-order valence-corrected chi connectivity index (χ4v) is 3.14. The highest BCUT2D eigenvalue weighted by atomic mass is 32.1. The molecule has 0 unspecified atom stereocenters. The largest absolute Gasteiger partial charge is 0.361 e. The van der Waals surface area contributed by atoms with Crippen LogP contribution in [0, 0.1) is 5.92 Å². The molecule has 0 saturated carbocycles. The second-order valence-corrected chi connectivity index (χ2v) is 6.40. The zero-order valence-corrected chi connectivity index (χ0v) is 13.3. The maximum atomic E-state index is 4.35. The first-order valence-corrected chi connectivity index (χ1v) is 8.39. The summed E-state index contributed by atoms with van der Waals surface area (Å²) in [6.07, 6.45) is 5.35. The van der Waals surface area contributed by atoms with Gasteiger partial charge in [-0.2, -0.15) is 0 Å². The van der Waals surface area contributed by atoms with Crippen molar-refractivity contribution in [3.8, 4) is 11.3 Å². The summed E-state index contributed by atoms with van der Waals surface area (Å²) in [6, 6.07) is 7.92. The molecule has 0 aliphatic carbocycles. The molecule has 1 aliphatic rings. The van der Waals surface area contributed by atoms with Crippen LogP contribution >= 0.6 is 11.3 Å². The third-order valence-electron chi connectivity index (χ3n) is 3.88. The Morgan fingerprint density at radius 3 is 2.65 bits per heavy atom. The van der Waals surface area contributed by atoms with E-state index in [1.807, 2.05) is 35.8 Å². The van der Waals surface area contributed by atoms with Gasteiger partial charge in [0, 0.05) is 55.1 Å². The van der Waals surface area contributed by atoms with Crippen LogP contribution in [-0.2, 0) is 0 Å². The molecule has 4 rings (SSSR count). The van der Waals surface area contributed by atoms with Crippen LogP contribution in [0.3, 0.4) is 0 Å². The molecule has 6 nitrogen and oxygen atoms in total. The first-order chi connectivity index (χ1) is 11.4. The van der Waals surface area contributed by atoms with Crippen LogP contribution in [0.25, 0.3) is 11.3 Å². The highest BCUT2D eigenvalue weighted by Gasteiger charge is 2.27. The molecule has 1 aliphatic heterocycles. The molecule has 1 fully saturated rings. The maximum Gasteiger partial charge on any atom is 0.182 e. The van der Waals surface area contributed by atoms with Crippen LogP contribution in [0.1, 0.15) is 0 Å². The highest BCUT2D eigenvalue weighted by Crippen LogP contribution is 2.24. The minimum atomic E-state index is 0.626. The van der Waals surface area contributed by atoms with Gasteiger partial charge in [-0.05, 0) is 24.3 Å². The van der Waals surface area contributed by atoms with Crippen molar-refractivity contribution < 1.29 is 0 Å². The van der Waals surface area contributed by atoms with Crippen LogP contribution < -0.4 is 10.2 Å². The Labute approximate surface area is 138 Å². The molecule has 1 N–H and O–H groups in total. The molecule has 0 aromatic carbocycles. The number of pyridine rings is 1. The number of nitrogens with one attached hydrogen (secondary N) is 1. The molecule has 0 atom stereocenters. The van der Waals surface area contributed by atoms with Crippen molar-refractivity contribution in [2.24, 2.45) is 5.92 Å². The van der Waals surface area contributed by atoms with E-state index < -0.39 is 0 Å². The van der Waals surface area contributed by atoms with Gasteiger partial charge in [0.15, 0.2) is 10.9 Å². The van der Waals surface area contributed by atoms with Gasteiger partial charge in [0.25, 0.3) is 0 Å². The minimum Gasteiger partial charge on any atom is -0.361 e. The van der Waals surface area contributed by atoms with Crippen LogP contribution in [0.2, 0.25) is 0 Å². The van der Waals surface area contributed by atoms with Crippen molar-refractivity contribution >= 4 is 22.3 Å². The van der Waals surface area contributed by atoms with Gasteiger partial charge >= 0.3 is 0 Å². The molecular formula is C16H16N6S. The van der Waals surface area contributed by atoms with E-state index in [2.05, 4.69) is 30.4 Å². The molecule has 0 amide bonds. The van der Waals surface area contributed by atoms with Crippen LogP contribution in [0.5, 0.6) is 0 Å². The van der Waals surface area contributed by atoms with Crippen LogP contribution in [-0.4, -0.2) is 39.8 Å². The Balaban J connectivity index is 1.32. The average molecular weight is 324 g/mol. The number of anilines is 2. The van der Waals surface area contributed by atoms with Gasteiger partial charge < -0.3 is 10.2 Å². The molecular weight excluding hydrogens is 308 g/mol. The van der Waals surface area contributed by atoms with Gasteiger partial charge in [-0.25, -0.2) is 4.98 Å². The lowest BCUT2D eigenvalue weighted by atomic mass is 10.0. The third kappa shape index (κ3) is 3.14. The monoisotopic (exact) mass is 324 g/mol. The lowest BCUT2D eigenvalue weighted by molar-refractivity contribution is 0.425. The van der Waals surface area contributed by atoms with Crippen molar-refractivity contribution in [3.05, 3.63) is 48.2 Å². The van der Waals surface area contributed by atoms with E-state index >= 15 is 0 Å². The normalized spacial score (nSPS) is 14.5. The highest BCUT2D eigenvalue weighted by molar-refractivity contribution is 7.13. The van der Waals surface area contributed by atoms with E-state index in [9.17, 15) is 0 Å². The van der Waals surface area contributed by atoms with Crippen LogP contribution in [0.15, 0.2) is 48.2 Å². The number of aromatic nitrogens is 4. The molecule has 3 aromatic rings. The van der Waals surface area contributed by atoms with E-state index in [-0.39, 0.29) is 0 Å². The van der Waals surface area contributed by atoms with Gasteiger partial charge in [0.2, 0.25) is 0 Å². The van der Waals surface area contributed by atoms with Gasteiger partial charge in [0.05, 0.1) is 5.69 Å². The maximum absolute atomic E-state index is 4.35. The summed E-state index contributed by atoms with van der Waals surface area (Å²) in [4.78, 5) is 10.5. The van der Waals surface area contributed by atoms with Crippen molar-refractivity contribution in [1.29, 1.82) is 0 Å².